The van der Waals surface area contributed by atoms with E-state index in [1.54, 1.807) is 0 Å². The predicted molar refractivity (Wildman–Crippen MR) is 70.6 cm³/mol. The summed E-state index contributed by atoms with van der Waals surface area (Å²) in [6, 6.07) is 5.69. The minimum absolute atomic E-state index is 0. The van der Waals surface area contributed by atoms with Crippen LogP contribution in [0.15, 0.2) is 18.2 Å². The van der Waals surface area contributed by atoms with Crippen LogP contribution in [0.2, 0.25) is 0 Å². The second kappa shape index (κ2) is 6.24. The average Bonchev–Trinajstić information content (AvgIpc) is 2.33. The van der Waals surface area contributed by atoms with Gasteiger partial charge in [0, 0.05) is 24.8 Å². The zero-order chi connectivity index (χ0) is 11.5. The molecule has 1 atom stereocenters. The zero-order valence-corrected chi connectivity index (χ0v) is 10.9. The second-order valence-corrected chi connectivity index (χ2v) is 4.49. The number of ether oxygens (including phenoxy) is 1. The van der Waals surface area contributed by atoms with Crippen LogP contribution in [0.4, 0.5) is 0 Å². The molecule has 0 bridgehead atoms. The monoisotopic (exact) mass is 257 g/mol. The summed E-state index contributed by atoms with van der Waals surface area (Å²) >= 11 is 0. The lowest BCUT2D eigenvalue weighted by atomic mass is 9.87. The van der Waals surface area contributed by atoms with Gasteiger partial charge in [-0.2, -0.15) is 0 Å². The Hall–Kier alpha value is -0.770. The smallest absolute Gasteiger partial charge is 0.123 e. The number of benzene rings is 1. The standard InChI is InChI=1S/C13H19NO2.ClH/c1-9-3-2-4-11(13(9)15)12(14)10-5-7-16-8-6-10;/h2-4,10,12,15H,5-8,14H2,1H3;1H/t12-;/m1./s1. The lowest BCUT2D eigenvalue weighted by Crippen LogP contribution is -2.27. The molecular formula is C13H20ClNO2. The van der Waals surface area contributed by atoms with Crippen molar-refractivity contribution in [3.8, 4) is 5.75 Å². The number of aromatic hydroxyl groups is 1. The van der Waals surface area contributed by atoms with Gasteiger partial charge in [0.2, 0.25) is 0 Å². The van der Waals surface area contributed by atoms with Gasteiger partial charge in [-0.3, -0.25) is 0 Å². The number of rotatable bonds is 2. The largest absolute Gasteiger partial charge is 0.507 e. The molecule has 2 rings (SSSR count). The lowest BCUT2D eigenvalue weighted by Gasteiger charge is -2.28. The van der Waals surface area contributed by atoms with Gasteiger partial charge in [-0.05, 0) is 31.2 Å². The molecule has 0 aromatic heterocycles. The van der Waals surface area contributed by atoms with E-state index in [1.165, 1.54) is 0 Å². The third-order valence-electron chi connectivity index (χ3n) is 3.40. The first-order valence-corrected chi connectivity index (χ1v) is 5.82. The highest BCUT2D eigenvalue weighted by atomic mass is 35.5. The molecule has 1 aliphatic heterocycles. The predicted octanol–water partition coefficient (Wildman–Crippen LogP) is 2.55. The van der Waals surface area contributed by atoms with Gasteiger partial charge in [-0.15, -0.1) is 12.4 Å². The molecule has 3 nitrogen and oxygen atoms in total. The van der Waals surface area contributed by atoms with E-state index in [2.05, 4.69) is 0 Å². The Morgan fingerprint density at radius 2 is 2.00 bits per heavy atom. The normalized spacial score (nSPS) is 18.5. The van der Waals surface area contributed by atoms with E-state index in [0.717, 1.165) is 37.2 Å². The van der Waals surface area contributed by atoms with E-state index in [1.807, 2.05) is 25.1 Å². The summed E-state index contributed by atoms with van der Waals surface area (Å²) in [5.41, 5.74) is 7.98. The van der Waals surface area contributed by atoms with E-state index in [-0.39, 0.29) is 18.4 Å². The van der Waals surface area contributed by atoms with Gasteiger partial charge in [0.05, 0.1) is 0 Å². The molecule has 1 aromatic carbocycles. The second-order valence-electron chi connectivity index (χ2n) is 4.49. The van der Waals surface area contributed by atoms with Crippen molar-refractivity contribution in [2.24, 2.45) is 11.7 Å². The quantitative estimate of drug-likeness (QED) is 0.856. The van der Waals surface area contributed by atoms with Gasteiger partial charge < -0.3 is 15.6 Å². The van der Waals surface area contributed by atoms with Crippen molar-refractivity contribution < 1.29 is 9.84 Å². The third kappa shape index (κ3) is 3.12. The molecule has 0 amide bonds. The van der Waals surface area contributed by atoms with Crippen LogP contribution in [-0.2, 0) is 4.74 Å². The fourth-order valence-electron chi connectivity index (χ4n) is 2.28. The number of hydrogen-bond acceptors (Lipinski definition) is 3. The average molecular weight is 258 g/mol. The lowest BCUT2D eigenvalue weighted by molar-refractivity contribution is 0.0581. The summed E-state index contributed by atoms with van der Waals surface area (Å²) in [6.07, 6.45) is 1.96. The minimum atomic E-state index is -0.0798. The highest BCUT2D eigenvalue weighted by Crippen LogP contribution is 2.34. The summed E-state index contributed by atoms with van der Waals surface area (Å²) in [5.74, 6) is 0.767. The first-order valence-electron chi connectivity index (χ1n) is 5.82. The van der Waals surface area contributed by atoms with Crippen molar-refractivity contribution >= 4 is 12.4 Å². The number of aryl methyl sites for hydroxylation is 1. The van der Waals surface area contributed by atoms with Crippen LogP contribution in [0, 0.1) is 12.8 Å². The van der Waals surface area contributed by atoms with Crippen LogP contribution in [0.5, 0.6) is 5.75 Å². The molecule has 0 unspecified atom stereocenters. The fraction of sp³-hybridized carbons (Fsp3) is 0.538. The third-order valence-corrected chi connectivity index (χ3v) is 3.40. The maximum atomic E-state index is 9.99. The molecule has 17 heavy (non-hydrogen) atoms. The molecule has 3 N–H and O–H groups in total. The number of nitrogens with two attached hydrogens (primary N) is 1. The molecule has 1 heterocycles. The molecule has 1 aromatic rings. The van der Waals surface area contributed by atoms with Crippen molar-refractivity contribution in [1.29, 1.82) is 0 Å². The number of phenols is 1. The van der Waals surface area contributed by atoms with Gasteiger partial charge in [0.25, 0.3) is 0 Å². The zero-order valence-electron chi connectivity index (χ0n) is 10.1. The summed E-state index contributed by atoms with van der Waals surface area (Å²) in [6.45, 7) is 3.46. The maximum absolute atomic E-state index is 9.99. The van der Waals surface area contributed by atoms with Crippen molar-refractivity contribution in [1.82, 2.24) is 0 Å². The SMILES string of the molecule is Cc1cccc([C@H](N)C2CCOCC2)c1O.Cl. The summed E-state index contributed by atoms with van der Waals surface area (Å²) < 4.78 is 5.32. The molecule has 1 saturated heterocycles. The van der Waals surface area contributed by atoms with Crippen LogP contribution in [-0.4, -0.2) is 18.3 Å². The molecule has 4 heteroatoms. The Morgan fingerprint density at radius 3 is 2.65 bits per heavy atom. The number of hydrogen-bond donors (Lipinski definition) is 2. The molecule has 96 valence electrons. The molecule has 0 spiro atoms. The van der Waals surface area contributed by atoms with Gasteiger partial charge in [-0.25, -0.2) is 0 Å². The fourth-order valence-corrected chi connectivity index (χ4v) is 2.28. The van der Waals surface area contributed by atoms with Gasteiger partial charge in [-0.1, -0.05) is 18.2 Å². The molecule has 1 fully saturated rings. The highest BCUT2D eigenvalue weighted by molar-refractivity contribution is 5.85. The van der Waals surface area contributed by atoms with Crippen LogP contribution >= 0.6 is 12.4 Å². The van der Waals surface area contributed by atoms with Gasteiger partial charge >= 0.3 is 0 Å². The minimum Gasteiger partial charge on any atom is -0.507 e. The summed E-state index contributed by atoms with van der Waals surface area (Å²) in [7, 11) is 0. The number of halogens is 1. The summed E-state index contributed by atoms with van der Waals surface area (Å²) in [5, 5.41) is 9.99. The topological polar surface area (TPSA) is 55.5 Å². The molecule has 0 saturated carbocycles. The van der Waals surface area contributed by atoms with Crippen LogP contribution in [0.1, 0.15) is 30.0 Å². The molecule has 1 aliphatic rings. The first-order chi connectivity index (χ1) is 7.70. The Morgan fingerprint density at radius 1 is 1.35 bits per heavy atom. The number of phenolic OH excluding ortho intramolecular Hbond substituents is 1. The highest BCUT2D eigenvalue weighted by Gasteiger charge is 2.24. The van der Waals surface area contributed by atoms with E-state index < -0.39 is 0 Å². The Labute approximate surface area is 108 Å². The maximum Gasteiger partial charge on any atom is 0.123 e. The van der Waals surface area contributed by atoms with Crippen LogP contribution < -0.4 is 5.73 Å². The first kappa shape index (κ1) is 14.3. The van der Waals surface area contributed by atoms with Crippen LogP contribution in [0.3, 0.4) is 0 Å². The van der Waals surface area contributed by atoms with E-state index in [0.29, 0.717) is 11.7 Å². The van der Waals surface area contributed by atoms with Crippen molar-refractivity contribution in [2.75, 3.05) is 13.2 Å². The van der Waals surface area contributed by atoms with Crippen LogP contribution in [0.25, 0.3) is 0 Å². The van der Waals surface area contributed by atoms with Gasteiger partial charge in [0.1, 0.15) is 5.75 Å². The Kier molecular flexibility index (Phi) is 5.25. The van der Waals surface area contributed by atoms with Gasteiger partial charge in [0.15, 0.2) is 0 Å². The van der Waals surface area contributed by atoms with Crippen molar-refractivity contribution in [3.63, 3.8) is 0 Å². The summed E-state index contributed by atoms with van der Waals surface area (Å²) in [4.78, 5) is 0. The van der Waals surface area contributed by atoms with E-state index >= 15 is 0 Å². The van der Waals surface area contributed by atoms with Crippen molar-refractivity contribution in [2.45, 2.75) is 25.8 Å². The molecular weight excluding hydrogens is 238 g/mol. The number of para-hydroxylation sites is 1. The van der Waals surface area contributed by atoms with E-state index in [4.69, 9.17) is 10.5 Å². The van der Waals surface area contributed by atoms with Crippen molar-refractivity contribution in [3.05, 3.63) is 29.3 Å². The Balaban J connectivity index is 0.00000144. The van der Waals surface area contributed by atoms with E-state index in [9.17, 15) is 5.11 Å². The molecule has 0 radical (unpaired) electrons. The Bertz CT molecular complexity index is 364. The molecule has 0 aliphatic carbocycles.